The number of hydrogen-bond acceptors (Lipinski definition) is 2. The first kappa shape index (κ1) is 15.9. The van der Waals surface area contributed by atoms with Crippen LogP contribution in [0.25, 0.3) is 10.9 Å². The maximum Gasteiger partial charge on any atom is 0.308 e. The first-order valence-corrected chi connectivity index (χ1v) is 8.17. The number of rotatable bonds is 4. The van der Waals surface area contributed by atoms with Crippen molar-refractivity contribution >= 4 is 34.4 Å². The van der Waals surface area contributed by atoms with Crippen LogP contribution in [0.5, 0.6) is 0 Å². The molecule has 1 atom stereocenters. The second-order valence-corrected chi connectivity index (χ2v) is 6.42. The molecule has 0 unspecified atom stereocenters. The minimum Gasteiger partial charge on any atom is -0.481 e. The molecule has 1 saturated heterocycles. The van der Waals surface area contributed by atoms with Crippen molar-refractivity contribution in [1.82, 2.24) is 9.47 Å². The molecule has 5 nitrogen and oxygen atoms in total. The number of amides is 1. The minimum absolute atomic E-state index is 0.0137. The molecule has 122 valence electrons. The van der Waals surface area contributed by atoms with Crippen LogP contribution in [0.15, 0.2) is 30.5 Å². The maximum atomic E-state index is 12.4. The van der Waals surface area contributed by atoms with Gasteiger partial charge in [-0.2, -0.15) is 0 Å². The van der Waals surface area contributed by atoms with Gasteiger partial charge in [0.2, 0.25) is 5.91 Å². The fourth-order valence-corrected chi connectivity index (χ4v) is 3.30. The van der Waals surface area contributed by atoms with E-state index in [2.05, 4.69) is 0 Å². The van der Waals surface area contributed by atoms with Crippen molar-refractivity contribution in [3.63, 3.8) is 0 Å². The lowest BCUT2D eigenvalue weighted by Crippen LogP contribution is -2.42. The summed E-state index contributed by atoms with van der Waals surface area (Å²) in [5.41, 5.74) is 1.01. The maximum absolute atomic E-state index is 12.4. The highest BCUT2D eigenvalue weighted by atomic mass is 35.5. The normalized spacial score (nSPS) is 18.3. The van der Waals surface area contributed by atoms with Gasteiger partial charge in [-0.3, -0.25) is 9.59 Å². The molecule has 0 bridgehead atoms. The number of carboxylic acids is 1. The lowest BCUT2D eigenvalue weighted by molar-refractivity contribution is -0.145. The van der Waals surface area contributed by atoms with Gasteiger partial charge in [-0.1, -0.05) is 17.7 Å². The number of carboxylic acid groups (broad SMARTS) is 1. The molecule has 1 aliphatic rings. The number of aliphatic carboxylic acids is 1. The van der Waals surface area contributed by atoms with Crippen molar-refractivity contribution in [2.75, 3.05) is 13.1 Å². The number of halogens is 1. The Morgan fingerprint density at radius 3 is 2.91 bits per heavy atom. The Bertz CT molecular complexity index is 741. The van der Waals surface area contributed by atoms with Crippen molar-refractivity contribution in [1.29, 1.82) is 0 Å². The molecule has 3 rings (SSSR count). The number of carbonyl (C=O) groups is 2. The molecule has 1 N–H and O–H groups in total. The fraction of sp³-hybridized carbons (Fsp3) is 0.412. The van der Waals surface area contributed by atoms with Crippen LogP contribution in [-0.4, -0.2) is 39.5 Å². The van der Waals surface area contributed by atoms with E-state index in [0.29, 0.717) is 37.5 Å². The monoisotopic (exact) mass is 334 g/mol. The number of piperidine rings is 1. The molecule has 2 heterocycles. The van der Waals surface area contributed by atoms with E-state index < -0.39 is 11.9 Å². The number of benzene rings is 1. The summed E-state index contributed by atoms with van der Waals surface area (Å²) in [6.45, 7) is 1.55. The molecule has 0 saturated carbocycles. The van der Waals surface area contributed by atoms with E-state index in [1.807, 2.05) is 35.0 Å². The molecule has 1 aromatic carbocycles. The van der Waals surface area contributed by atoms with Crippen molar-refractivity contribution in [3.05, 3.63) is 35.5 Å². The zero-order chi connectivity index (χ0) is 16.4. The molecule has 6 heteroatoms. The van der Waals surface area contributed by atoms with Crippen LogP contribution in [0.3, 0.4) is 0 Å². The third kappa shape index (κ3) is 3.50. The summed E-state index contributed by atoms with van der Waals surface area (Å²) in [5.74, 6) is -1.23. The van der Waals surface area contributed by atoms with Gasteiger partial charge in [-0.15, -0.1) is 0 Å². The van der Waals surface area contributed by atoms with Crippen molar-refractivity contribution in [3.8, 4) is 0 Å². The number of carbonyl (C=O) groups excluding carboxylic acids is 1. The van der Waals surface area contributed by atoms with Crippen LogP contribution in [0.1, 0.15) is 19.3 Å². The van der Waals surface area contributed by atoms with Gasteiger partial charge in [0.05, 0.1) is 5.92 Å². The van der Waals surface area contributed by atoms with Crippen LogP contribution >= 0.6 is 11.6 Å². The van der Waals surface area contributed by atoms with Crippen LogP contribution < -0.4 is 0 Å². The topological polar surface area (TPSA) is 62.5 Å². The Labute approximate surface area is 139 Å². The number of aromatic nitrogens is 1. The van der Waals surface area contributed by atoms with E-state index in [1.165, 1.54) is 0 Å². The molecule has 1 fully saturated rings. The Balaban J connectivity index is 1.64. The highest BCUT2D eigenvalue weighted by Crippen LogP contribution is 2.21. The first-order chi connectivity index (χ1) is 11.0. The summed E-state index contributed by atoms with van der Waals surface area (Å²) in [6.07, 6.45) is 3.72. The summed E-state index contributed by atoms with van der Waals surface area (Å²) < 4.78 is 2.01. The summed E-state index contributed by atoms with van der Waals surface area (Å²) >= 11 is 6.03. The smallest absolute Gasteiger partial charge is 0.308 e. The van der Waals surface area contributed by atoms with E-state index in [1.54, 1.807) is 4.90 Å². The lowest BCUT2D eigenvalue weighted by Gasteiger charge is -2.30. The van der Waals surface area contributed by atoms with Crippen LogP contribution in [0, 0.1) is 5.92 Å². The van der Waals surface area contributed by atoms with Gasteiger partial charge in [-0.25, -0.2) is 0 Å². The standard InChI is InChI=1S/C17H19ClN2O3/c18-14-4-3-12-5-8-19(15(12)10-14)9-6-16(21)20-7-1-2-13(11-20)17(22)23/h3-5,8,10,13H,1-2,6-7,9,11H2,(H,22,23)/t13-/m0/s1. The van der Waals surface area contributed by atoms with E-state index in [-0.39, 0.29) is 5.91 Å². The van der Waals surface area contributed by atoms with Crippen molar-refractivity contribution in [2.45, 2.75) is 25.8 Å². The van der Waals surface area contributed by atoms with Gasteiger partial charge >= 0.3 is 5.97 Å². The van der Waals surface area contributed by atoms with Gasteiger partial charge in [0.15, 0.2) is 0 Å². The predicted molar refractivity (Wildman–Crippen MR) is 88.5 cm³/mol. The molecule has 0 aliphatic carbocycles. The average Bonchev–Trinajstić information content (AvgIpc) is 2.95. The number of hydrogen-bond donors (Lipinski definition) is 1. The second kappa shape index (κ2) is 6.62. The number of fused-ring (bicyclic) bond motifs is 1. The quantitative estimate of drug-likeness (QED) is 0.934. The molecule has 0 radical (unpaired) electrons. The molecular formula is C17H19ClN2O3. The Hall–Kier alpha value is -2.01. The minimum atomic E-state index is -0.812. The SMILES string of the molecule is O=C(O)[C@H]1CCCN(C(=O)CCn2ccc3ccc(Cl)cc32)C1. The summed E-state index contributed by atoms with van der Waals surface area (Å²) in [5, 5.41) is 10.9. The Kier molecular flexibility index (Phi) is 4.57. The molecule has 1 aliphatic heterocycles. The predicted octanol–water partition coefficient (Wildman–Crippen LogP) is 3.01. The fourth-order valence-electron chi connectivity index (χ4n) is 3.13. The first-order valence-electron chi connectivity index (χ1n) is 7.79. The molecule has 23 heavy (non-hydrogen) atoms. The van der Waals surface area contributed by atoms with E-state index in [9.17, 15) is 9.59 Å². The van der Waals surface area contributed by atoms with E-state index in [0.717, 1.165) is 17.3 Å². The van der Waals surface area contributed by atoms with Crippen LogP contribution in [0.2, 0.25) is 5.02 Å². The number of nitrogens with zero attached hydrogens (tertiary/aromatic N) is 2. The van der Waals surface area contributed by atoms with Gasteiger partial charge in [0, 0.05) is 42.8 Å². The summed E-state index contributed by atoms with van der Waals surface area (Å²) in [7, 11) is 0. The molecule has 0 spiro atoms. The third-order valence-electron chi connectivity index (χ3n) is 4.43. The molecular weight excluding hydrogens is 316 g/mol. The van der Waals surface area contributed by atoms with Crippen LogP contribution in [-0.2, 0) is 16.1 Å². The molecule has 2 aromatic rings. The molecule has 1 aromatic heterocycles. The molecule has 1 amide bonds. The van der Waals surface area contributed by atoms with E-state index in [4.69, 9.17) is 16.7 Å². The van der Waals surface area contributed by atoms with Gasteiger partial charge in [-0.05, 0) is 36.4 Å². The summed E-state index contributed by atoms with van der Waals surface area (Å²) in [6, 6.07) is 7.69. The zero-order valence-corrected chi connectivity index (χ0v) is 13.5. The van der Waals surface area contributed by atoms with Crippen LogP contribution in [0.4, 0.5) is 0 Å². The third-order valence-corrected chi connectivity index (χ3v) is 4.66. The van der Waals surface area contributed by atoms with Gasteiger partial charge in [0.25, 0.3) is 0 Å². The highest BCUT2D eigenvalue weighted by Gasteiger charge is 2.27. The highest BCUT2D eigenvalue weighted by molar-refractivity contribution is 6.31. The number of likely N-dealkylation sites (tertiary alicyclic amines) is 1. The Morgan fingerprint density at radius 2 is 2.13 bits per heavy atom. The number of aryl methyl sites for hydroxylation is 1. The summed E-state index contributed by atoms with van der Waals surface area (Å²) in [4.78, 5) is 25.1. The van der Waals surface area contributed by atoms with Gasteiger partial charge < -0.3 is 14.6 Å². The van der Waals surface area contributed by atoms with E-state index >= 15 is 0 Å². The largest absolute Gasteiger partial charge is 0.481 e. The zero-order valence-electron chi connectivity index (χ0n) is 12.7. The average molecular weight is 335 g/mol. The van der Waals surface area contributed by atoms with Crippen molar-refractivity contribution < 1.29 is 14.7 Å². The van der Waals surface area contributed by atoms with Gasteiger partial charge in [0.1, 0.15) is 0 Å². The van der Waals surface area contributed by atoms with Crippen molar-refractivity contribution in [2.24, 2.45) is 5.92 Å². The Morgan fingerprint density at radius 1 is 1.30 bits per heavy atom. The lowest BCUT2D eigenvalue weighted by atomic mass is 9.98. The second-order valence-electron chi connectivity index (χ2n) is 5.98.